The van der Waals surface area contributed by atoms with Crippen LogP contribution in [0.3, 0.4) is 0 Å². The van der Waals surface area contributed by atoms with E-state index in [-0.39, 0.29) is 85.2 Å². The molecule has 0 bridgehead atoms. The van der Waals surface area contributed by atoms with Crippen LogP contribution in [-0.4, -0.2) is 45.9 Å². The molecule has 0 saturated heterocycles. The number of halogens is 2. The molecular formula is C115H72Br2N2O25. The van der Waals surface area contributed by atoms with Crippen LogP contribution in [0.25, 0.3) is 143 Å². The van der Waals surface area contributed by atoms with Crippen molar-refractivity contribution < 1.29 is 82.7 Å². The number of aryl methyl sites for hydroxylation is 6. The van der Waals surface area contributed by atoms with Crippen molar-refractivity contribution in [3.05, 3.63) is 481 Å². The largest absolute Gasteiger partial charge is 0.497 e. The van der Waals surface area contributed by atoms with Gasteiger partial charge >= 0.3 is 28.1 Å². The minimum absolute atomic E-state index is 0.000543. The van der Waals surface area contributed by atoms with Crippen LogP contribution in [0.2, 0.25) is 0 Å². The Kier molecular flexibility index (Phi) is 25.6. The maximum atomic E-state index is 13.5. The van der Waals surface area contributed by atoms with Crippen molar-refractivity contribution in [3.8, 4) is 39.1 Å². The summed E-state index contributed by atoms with van der Waals surface area (Å²) in [6, 6.07) is 86.7. The standard InChI is InChI=1S/C26H18O5.C25H14Br2O4.C25H14N2O8.C20H14O4.C19H12O4/c1-15-13-21(27)31-25-19(15)11-12-20-23(25)22(17-9-6-10-18(14-17)29-2)26(30-20)24(28)16-7-4-3-5-8-16;1-13-9-20(28)31-24-18(13)7-8-19-22(24)21(15-10-16(26)12-17(27)11-15)25(30-19)23(29)14-5-3-2-4-6-14;1-13-9-20(28)35-24-18(13)7-8-19-22(24)21(25(34-19)23(29)14-5-3-2-4-6-14)15-10-16(26(30)31)12-17(11-15)27(32)33;1-11-10-16(21)24-20-14(11)8-9-15-17(20)12(2)19(23-15)18(22)13-6-4-3-5-7-13;1-11-9-17(20)23-19-13(11)7-8-15-14(19)10-16(22-15)18(21)12-5-3-2-4-6-12/h3-14H,1-2H3;2-12H,1H3;2-12H,1H3;3-10H,1-2H3;2-10H,1H3. The van der Waals surface area contributed by atoms with E-state index in [1.54, 1.807) is 154 Å². The Bertz CT molecular complexity index is 9540. The fourth-order valence-corrected chi connectivity index (χ4v) is 18.9. The molecule has 13 aromatic carbocycles. The van der Waals surface area contributed by atoms with E-state index in [4.69, 9.17) is 48.9 Å². The maximum Gasteiger partial charge on any atom is 0.336 e. The fraction of sp³-hybridized carbons (Fsp3) is 0.0609. The topological polar surface area (TPSA) is 398 Å². The third-order valence-corrected chi connectivity index (χ3v) is 25.2. The minimum atomic E-state index is -0.764. The SMILES string of the molecule is COc1cccc(-c2c(C(=O)c3ccccc3)oc3ccc4c(C)cc(=O)oc4c23)c1.Cc1cc(=O)oc2c1ccc1oc(C(=O)c3ccccc3)c(-c3cc(Br)cc(Br)c3)c12.Cc1cc(=O)oc2c1ccc1oc(C(=O)c3ccccc3)c(-c3cc([N+](=O)[O-])cc([N+](=O)[O-])c3)c12.Cc1cc(=O)oc2c1ccc1oc(C(=O)c3ccccc3)c(C)c12.Cc1cc(=O)oc2c1ccc1oc(C(=O)c3ccccc3)cc12. The zero-order valence-electron chi connectivity index (χ0n) is 76.8. The van der Waals surface area contributed by atoms with Crippen molar-refractivity contribution in [2.45, 2.75) is 41.5 Å². The van der Waals surface area contributed by atoms with Gasteiger partial charge in [0, 0.05) is 134 Å². The minimum Gasteiger partial charge on any atom is -0.497 e. The number of fused-ring (bicyclic) bond motifs is 15. The molecule has 23 aromatic rings. The van der Waals surface area contributed by atoms with Crippen LogP contribution < -0.4 is 32.9 Å². The molecule has 0 atom stereocenters. The van der Waals surface area contributed by atoms with Crippen molar-refractivity contribution in [3.63, 3.8) is 0 Å². The zero-order chi connectivity index (χ0) is 101. The van der Waals surface area contributed by atoms with Crippen molar-refractivity contribution in [2.24, 2.45) is 0 Å². The molecule has 0 aliphatic rings. The van der Waals surface area contributed by atoms with Crippen LogP contribution in [0.5, 0.6) is 5.75 Å². The molecule has 0 radical (unpaired) electrons. The molecule has 0 aliphatic carbocycles. The molecule has 10 heterocycles. The number of nitro benzene ring substituents is 2. The summed E-state index contributed by atoms with van der Waals surface area (Å²) in [4.78, 5) is 147. The number of ether oxygens (including phenoxy) is 1. The van der Waals surface area contributed by atoms with E-state index in [2.05, 4.69) is 31.9 Å². The molecule has 0 amide bonds. The Hall–Kier alpha value is -18.5. The first-order chi connectivity index (χ1) is 69.4. The maximum absolute atomic E-state index is 13.5. The molecule has 23 rings (SSSR count). The Morgan fingerprint density at radius 2 is 0.569 bits per heavy atom. The summed E-state index contributed by atoms with van der Waals surface area (Å²) in [5.41, 5.74) is 10.2. The van der Waals surface area contributed by atoms with E-state index < -0.39 is 55.1 Å². The van der Waals surface area contributed by atoms with Crippen LogP contribution in [0.4, 0.5) is 11.4 Å². The van der Waals surface area contributed by atoms with Gasteiger partial charge in [0.15, 0.2) is 28.8 Å². The van der Waals surface area contributed by atoms with Gasteiger partial charge in [-0.05, 0) is 178 Å². The Morgan fingerprint density at radius 1 is 0.271 bits per heavy atom. The predicted octanol–water partition coefficient (Wildman–Crippen LogP) is 27.1. The van der Waals surface area contributed by atoms with Gasteiger partial charge in [-0.2, -0.15) is 0 Å². The second kappa shape index (κ2) is 39.1. The third kappa shape index (κ3) is 18.3. The lowest BCUT2D eigenvalue weighted by Gasteiger charge is -2.07. The smallest absolute Gasteiger partial charge is 0.336 e. The summed E-state index contributed by atoms with van der Waals surface area (Å²) in [5, 5.41) is 29.6. The summed E-state index contributed by atoms with van der Waals surface area (Å²) < 4.78 is 64.0. The quantitative estimate of drug-likeness (QED) is 0.0375. The lowest BCUT2D eigenvalue weighted by Crippen LogP contribution is -2.02. The van der Waals surface area contributed by atoms with Crippen molar-refractivity contribution in [1.29, 1.82) is 0 Å². The first-order valence-electron chi connectivity index (χ1n) is 44.4. The second-order valence-electron chi connectivity index (χ2n) is 33.6. The number of hydrogen-bond donors (Lipinski definition) is 0. The summed E-state index contributed by atoms with van der Waals surface area (Å²) in [7, 11) is 1.58. The third-order valence-electron chi connectivity index (χ3n) is 24.3. The Labute approximate surface area is 827 Å². The Morgan fingerprint density at radius 3 is 0.924 bits per heavy atom. The van der Waals surface area contributed by atoms with E-state index in [0.717, 1.165) is 82.1 Å². The molecule has 27 nitrogen and oxygen atoms in total. The predicted molar refractivity (Wildman–Crippen MR) is 551 cm³/mol. The molecule has 10 aromatic heterocycles. The van der Waals surface area contributed by atoms with Gasteiger partial charge in [-0.1, -0.05) is 196 Å². The van der Waals surface area contributed by atoms with Gasteiger partial charge in [-0.3, -0.25) is 44.2 Å². The lowest BCUT2D eigenvalue weighted by atomic mass is 9.95. The van der Waals surface area contributed by atoms with Crippen LogP contribution >= 0.6 is 31.9 Å². The van der Waals surface area contributed by atoms with Gasteiger partial charge in [-0.25, -0.2) is 24.0 Å². The van der Waals surface area contributed by atoms with Crippen LogP contribution in [-0.2, 0) is 0 Å². The summed E-state index contributed by atoms with van der Waals surface area (Å²) >= 11 is 7.05. The van der Waals surface area contributed by atoms with Crippen LogP contribution in [0, 0.1) is 61.8 Å². The highest BCUT2D eigenvalue weighted by Crippen LogP contribution is 2.47. The van der Waals surface area contributed by atoms with Crippen LogP contribution in [0.15, 0.2) is 386 Å². The van der Waals surface area contributed by atoms with Gasteiger partial charge in [0.1, 0.15) is 61.6 Å². The number of methoxy groups -OCH3 is 1. The summed E-state index contributed by atoms with van der Waals surface area (Å²) in [6.07, 6.45) is 0. The molecule has 0 unspecified atom stereocenters. The molecule has 29 heteroatoms. The van der Waals surface area contributed by atoms with Gasteiger partial charge in [-0.15, -0.1) is 0 Å². The number of carbonyl (C=O) groups excluding carboxylic acids is 5. The number of ketones is 5. The number of nitrogens with zero attached hydrogens (tertiary/aromatic N) is 2. The highest BCUT2D eigenvalue weighted by Gasteiger charge is 2.33. The van der Waals surface area contributed by atoms with Gasteiger partial charge < -0.3 is 48.9 Å². The lowest BCUT2D eigenvalue weighted by molar-refractivity contribution is -0.394. The van der Waals surface area contributed by atoms with Gasteiger partial charge in [0.05, 0.1) is 50.0 Å². The molecule has 0 N–H and O–H groups in total. The number of nitro groups is 2. The van der Waals surface area contributed by atoms with Crippen molar-refractivity contribution in [2.75, 3.05) is 7.11 Å². The molecule has 144 heavy (non-hydrogen) atoms. The highest BCUT2D eigenvalue weighted by atomic mass is 79.9. The van der Waals surface area contributed by atoms with Gasteiger partial charge in [0.25, 0.3) is 11.4 Å². The number of furan rings is 5. The van der Waals surface area contributed by atoms with Crippen LogP contribution in [0.1, 0.15) is 114 Å². The van der Waals surface area contributed by atoms with E-state index in [0.29, 0.717) is 122 Å². The van der Waals surface area contributed by atoms with Crippen molar-refractivity contribution >= 4 is 182 Å². The van der Waals surface area contributed by atoms with E-state index in [9.17, 15) is 68.2 Å². The normalized spacial score (nSPS) is 11.2. The number of benzene rings is 13. The molecule has 0 saturated carbocycles. The first-order valence-corrected chi connectivity index (χ1v) is 46.0. The zero-order valence-corrected chi connectivity index (χ0v) is 80.0. The average molecular weight is 2040 g/mol. The summed E-state index contributed by atoms with van der Waals surface area (Å²) in [6.45, 7) is 10.9. The van der Waals surface area contributed by atoms with E-state index >= 15 is 0 Å². The fourth-order valence-electron chi connectivity index (χ4n) is 17.6. The number of carbonyl (C=O) groups is 5. The number of hydrogen-bond acceptors (Lipinski definition) is 25. The Balaban J connectivity index is 0.000000115. The molecule has 0 fully saturated rings. The second-order valence-corrected chi connectivity index (χ2v) is 35.4. The van der Waals surface area contributed by atoms with Gasteiger partial charge in [0.2, 0.25) is 28.9 Å². The first kappa shape index (κ1) is 94.5. The molecule has 0 aliphatic heterocycles. The summed E-state index contributed by atoms with van der Waals surface area (Å²) in [5.74, 6) is -0.111. The van der Waals surface area contributed by atoms with E-state index in [1.807, 2.05) is 156 Å². The molecular weight excluding hydrogens is 1970 g/mol. The number of non-ortho nitro benzene ring substituents is 2. The van der Waals surface area contributed by atoms with Crippen molar-refractivity contribution in [1.82, 2.24) is 0 Å². The molecule has 0 spiro atoms. The van der Waals surface area contributed by atoms with E-state index in [1.165, 1.54) is 30.3 Å². The molecule has 706 valence electrons. The highest BCUT2D eigenvalue weighted by molar-refractivity contribution is 9.11. The monoisotopic (exact) mass is 2040 g/mol. The number of rotatable bonds is 16. The average Bonchev–Trinajstić information content (AvgIpc) is 1.58.